The first-order valence-corrected chi connectivity index (χ1v) is 9.41. The molecule has 2 aliphatic rings. The van der Waals surface area contributed by atoms with Crippen molar-refractivity contribution in [3.8, 4) is 11.5 Å². The van der Waals surface area contributed by atoms with Gasteiger partial charge in [0.05, 0.1) is 12.2 Å². The minimum atomic E-state index is -3.00. The number of benzene rings is 2. The molecule has 152 valence electrons. The second kappa shape index (κ2) is 8.06. The van der Waals surface area contributed by atoms with Crippen molar-refractivity contribution in [1.82, 2.24) is 9.80 Å². The molecule has 2 aromatic carbocycles. The summed E-state index contributed by atoms with van der Waals surface area (Å²) >= 11 is 0. The van der Waals surface area contributed by atoms with Crippen LogP contribution in [0.3, 0.4) is 0 Å². The number of carbonyl (C=O) groups is 2. The van der Waals surface area contributed by atoms with Gasteiger partial charge in [0, 0.05) is 38.2 Å². The predicted molar refractivity (Wildman–Crippen MR) is 101 cm³/mol. The smallest absolute Gasteiger partial charge is 0.387 e. The highest BCUT2D eigenvalue weighted by atomic mass is 19.3. The fourth-order valence-corrected chi connectivity index (χ4v) is 3.63. The van der Waals surface area contributed by atoms with Crippen LogP contribution in [0.25, 0.3) is 0 Å². The molecule has 0 atom stereocenters. The summed E-state index contributed by atoms with van der Waals surface area (Å²) in [4.78, 5) is 28.8. The molecular formula is C21H20F2N2O4. The Morgan fingerprint density at radius 2 is 1.66 bits per heavy atom. The van der Waals surface area contributed by atoms with Gasteiger partial charge in [0.25, 0.3) is 11.8 Å². The summed E-state index contributed by atoms with van der Waals surface area (Å²) in [5.74, 6) is 0.198. The van der Waals surface area contributed by atoms with Crippen LogP contribution in [0.4, 0.5) is 8.78 Å². The van der Waals surface area contributed by atoms with Crippen molar-refractivity contribution in [3.63, 3.8) is 0 Å². The number of piperazine rings is 1. The number of amides is 2. The van der Waals surface area contributed by atoms with Gasteiger partial charge < -0.3 is 19.3 Å². The van der Waals surface area contributed by atoms with Gasteiger partial charge in [-0.25, -0.2) is 0 Å². The summed E-state index contributed by atoms with van der Waals surface area (Å²) in [6, 6.07) is 11.4. The second-order valence-electron chi connectivity index (χ2n) is 6.88. The van der Waals surface area contributed by atoms with Gasteiger partial charge in [-0.05, 0) is 35.9 Å². The number of carbonyl (C=O) groups excluding carboxylic acids is 2. The van der Waals surface area contributed by atoms with E-state index in [1.165, 1.54) is 18.2 Å². The van der Waals surface area contributed by atoms with Crippen LogP contribution in [0.2, 0.25) is 0 Å². The Balaban J connectivity index is 1.41. The molecule has 2 heterocycles. The normalized spacial score (nSPS) is 15.8. The largest absolute Gasteiger partial charge is 0.493 e. The number of para-hydroxylation sites is 1. The quantitative estimate of drug-likeness (QED) is 0.789. The molecule has 0 saturated carbocycles. The van der Waals surface area contributed by atoms with Crippen LogP contribution in [0.15, 0.2) is 42.5 Å². The van der Waals surface area contributed by atoms with E-state index in [1.54, 1.807) is 21.9 Å². The zero-order valence-corrected chi connectivity index (χ0v) is 15.6. The predicted octanol–water partition coefficient (Wildman–Crippen LogP) is 2.82. The molecule has 1 saturated heterocycles. The molecule has 2 amide bonds. The standard InChI is InChI=1S/C21H20F2N2O4/c22-21(23)29-18-4-2-1-3-16(18)20(27)25-10-8-24(9-11-25)19(26)15-5-6-17-14(13-15)7-12-28-17/h1-6,13,21H,7-12H2. The highest BCUT2D eigenvalue weighted by Crippen LogP contribution is 2.27. The minimum absolute atomic E-state index is 0.0891. The molecule has 0 radical (unpaired) electrons. The number of halogens is 2. The summed E-state index contributed by atoms with van der Waals surface area (Å²) in [6.07, 6.45) is 0.791. The fraction of sp³-hybridized carbons (Fsp3) is 0.333. The van der Waals surface area contributed by atoms with Gasteiger partial charge in [0.15, 0.2) is 0 Å². The zero-order chi connectivity index (χ0) is 20.4. The SMILES string of the molecule is O=C(c1ccc2c(c1)CCO2)N1CCN(C(=O)c2ccccc2OC(F)F)CC1. The van der Waals surface area contributed by atoms with Gasteiger partial charge in [-0.2, -0.15) is 8.78 Å². The van der Waals surface area contributed by atoms with Crippen LogP contribution < -0.4 is 9.47 Å². The van der Waals surface area contributed by atoms with Crippen LogP contribution in [0.5, 0.6) is 11.5 Å². The van der Waals surface area contributed by atoms with E-state index in [2.05, 4.69) is 4.74 Å². The number of alkyl halides is 2. The highest BCUT2D eigenvalue weighted by molar-refractivity contribution is 5.98. The molecular weight excluding hydrogens is 382 g/mol. The number of hydrogen-bond donors (Lipinski definition) is 0. The molecule has 2 aromatic rings. The van der Waals surface area contributed by atoms with Gasteiger partial charge in [0.1, 0.15) is 11.5 Å². The second-order valence-corrected chi connectivity index (χ2v) is 6.88. The monoisotopic (exact) mass is 402 g/mol. The van der Waals surface area contributed by atoms with E-state index in [-0.39, 0.29) is 23.1 Å². The Labute approximate surface area is 166 Å². The number of ether oxygens (including phenoxy) is 2. The summed E-state index contributed by atoms with van der Waals surface area (Å²) in [7, 11) is 0. The van der Waals surface area contributed by atoms with Crippen LogP contribution in [0.1, 0.15) is 26.3 Å². The summed E-state index contributed by atoms with van der Waals surface area (Å²) in [5, 5.41) is 0. The van der Waals surface area contributed by atoms with E-state index in [1.807, 2.05) is 12.1 Å². The highest BCUT2D eigenvalue weighted by Gasteiger charge is 2.28. The van der Waals surface area contributed by atoms with E-state index in [0.717, 1.165) is 17.7 Å². The van der Waals surface area contributed by atoms with Crippen molar-refractivity contribution >= 4 is 11.8 Å². The molecule has 1 fully saturated rings. The number of hydrogen-bond acceptors (Lipinski definition) is 4. The Hall–Kier alpha value is -3.16. The molecule has 6 nitrogen and oxygen atoms in total. The van der Waals surface area contributed by atoms with Crippen molar-refractivity contribution in [2.24, 2.45) is 0 Å². The summed E-state index contributed by atoms with van der Waals surface area (Å²) in [6.45, 7) is -0.990. The van der Waals surface area contributed by atoms with Crippen molar-refractivity contribution in [1.29, 1.82) is 0 Å². The van der Waals surface area contributed by atoms with Crippen LogP contribution in [0, 0.1) is 0 Å². The van der Waals surface area contributed by atoms with Gasteiger partial charge >= 0.3 is 6.61 Å². The fourth-order valence-electron chi connectivity index (χ4n) is 3.63. The third-order valence-corrected chi connectivity index (χ3v) is 5.12. The molecule has 4 rings (SSSR count). The van der Waals surface area contributed by atoms with Crippen molar-refractivity contribution in [2.45, 2.75) is 13.0 Å². The summed E-state index contributed by atoms with van der Waals surface area (Å²) in [5.41, 5.74) is 1.72. The maximum atomic E-state index is 12.8. The third kappa shape index (κ3) is 4.01. The molecule has 29 heavy (non-hydrogen) atoms. The molecule has 0 aromatic heterocycles. The lowest BCUT2D eigenvalue weighted by Crippen LogP contribution is -2.50. The Morgan fingerprint density at radius 3 is 2.38 bits per heavy atom. The van der Waals surface area contributed by atoms with E-state index in [9.17, 15) is 18.4 Å². The van der Waals surface area contributed by atoms with Gasteiger partial charge in [-0.15, -0.1) is 0 Å². The number of fused-ring (bicyclic) bond motifs is 1. The molecule has 0 spiro atoms. The lowest BCUT2D eigenvalue weighted by molar-refractivity contribution is -0.0503. The van der Waals surface area contributed by atoms with Crippen LogP contribution in [-0.2, 0) is 6.42 Å². The van der Waals surface area contributed by atoms with E-state index in [4.69, 9.17) is 4.74 Å². The van der Waals surface area contributed by atoms with E-state index < -0.39 is 6.61 Å². The van der Waals surface area contributed by atoms with Crippen LogP contribution >= 0.6 is 0 Å². The third-order valence-electron chi connectivity index (χ3n) is 5.12. The lowest BCUT2D eigenvalue weighted by Gasteiger charge is -2.35. The van der Waals surface area contributed by atoms with Crippen LogP contribution in [-0.4, -0.2) is 61.0 Å². The zero-order valence-electron chi connectivity index (χ0n) is 15.6. The van der Waals surface area contributed by atoms with Crippen molar-refractivity contribution < 1.29 is 27.8 Å². The lowest BCUT2D eigenvalue weighted by atomic mass is 10.1. The van der Waals surface area contributed by atoms with E-state index in [0.29, 0.717) is 38.3 Å². The first-order chi connectivity index (χ1) is 14.0. The van der Waals surface area contributed by atoms with Gasteiger partial charge in [-0.3, -0.25) is 9.59 Å². The summed E-state index contributed by atoms with van der Waals surface area (Å²) < 4.78 is 35.1. The first kappa shape index (κ1) is 19.2. The van der Waals surface area contributed by atoms with Crippen molar-refractivity contribution in [2.75, 3.05) is 32.8 Å². The molecule has 0 aliphatic carbocycles. The Morgan fingerprint density at radius 1 is 0.966 bits per heavy atom. The average Bonchev–Trinajstić information content (AvgIpc) is 3.21. The average molecular weight is 402 g/mol. The maximum absolute atomic E-state index is 12.8. The topological polar surface area (TPSA) is 59.1 Å². The number of nitrogens with zero attached hydrogens (tertiary/aromatic N) is 2. The van der Waals surface area contributed by atoms with Crippen molar-refractivity contribution in [3.05, 3.63) is 59.2 Å². The Kier molecular flexibility index (Phi) is 5.33. The molecule has 0 unspecified atom stereocenters. The first-order valence-electron chi connectivity index (χ1n) is 9.41. The molecule has 0 bridgehead atoms. The minimum Gasteiger partial charge on any atom is -0.493 e. The molecule has 2 aliphatic heterocycles. The van der Waals surface area contributed by atoms with E-state index >= 15 is 0 Å². The molecule has 0 N–H and O–H groups in total. The van der Waals surface area contributed by atoms with Gasteiger partial charge in [0.2, 0.25) is 0 Å². The maximum Gasteiger partial charge on any atom is 0.387 e. The van der Waals surface area contributed by atoms with Gasteiger partial charge in [-0.1, -0.05) is 12.1 Å². The number of rotatable bonds is 4. The Bertz CT molecular complexity index is 927. The molecule has 8 heteroatoms.